The Morgan fingerprint density at radius 1 is 1.08 bits per heavy atom. The van der Waals surface area contributed by atoms with Crippen LogP contribution in [0.1, 0.15) is 52.0 Å². The Morgan fingerprint density at radius 2 is 1.71 bits per heavy atom. The Kier molecular flexibility index (Phi) is 8.46. The number of Topliss-reactive ketones (excluding diaryl/α,β-unsaturated/α-hetero) is 1. The fraction of sp³-hybridized carbons (Fsp3) is 0.632. The smallest absolute Gasteiger partial charge is 0.152 e. The number of carbonyl (C=O) groups excluding carboxylic acids is 1. The minimum Gasteiger partial charge on any atom is -0.375 e. The molecule has 0 aromatic heterocycles. The monoisotopic (exact) mass is 353 g/mol. The largest absolute Gasteiger partial charge is 0.375 e. The minimum atomic E-state index is -2.95. The third kappa shape index (κ3) is 7.04. The lowest BCUT2D eigenvalue weighted by Gasteiger charge is -2.16. The molecule has 0 aliphatic heterocycles. The van der Waals surface area contributed by atoms with Gasteiger partial charge in [-0.15, -0.1) is 0 Å². The van der Waals surface area contributed by atoms with Gasteiger partial charge in [-0.1, -0.05) is 18.6 Å². The van der Waals surface area contributed by atoms with Gasteiger partial charge >= 0.3 is 0 Å². The molecule has 5 heteroatoms. The van der Waals surface area contributed by atoms with E-state index in [2.05, 4.69) is 11.8 Å². The summed E-state index contributed by atoms with van der Waals surface area (Å²) in [6.45, 7) is 6.47. The van der Waals surface area contributed by atoms with Crippen molar-refractivity contribution in [3.8, 4) is 0 Å². The van der Waals surface area contributed by atoms with Crippen molar-refractivity contribution in [2.75, 3.05) is 24.2 Å². The molecule has 0 amide bonds. The molecule has 136 valence electrons. The normalized spacial score (nSPS) is 11.7. The highest BCUT2D eigenvalue weighted by molar-refractivity contribution is 7.91. The lowest BCUT2D eigenvalue weighted by atomic mass is 10.0. The lowest BCUT2D eigenvalue weighted by Crippen LogP contribution is -2.17. The van der Waals surface area contributed by atoms with E-state index >= 15 is 0 Å². The van der Waals surface area contributed by atoms with Crippen molar-refractivity contribution in [1.29, 1.82) is 0 Å². The van der Waals surface area contributed by atoms with E-state index < -0.39 is 9.84 Å². The highest BCUT2D eigenvalue weighted by Crippen LogP contribution is 2.15. The van der Waals surface area contributed by atoms with Crippen LogP contribution in [0.3, 0.4) is 0 Å². The number of benzene rings is 1. The number of ketones is 1. The van der Waals surface area contributed by atoms with Gasteiger partial charge in [-0.05, 0) is 51.3 Å². The molecule has 1 aromatic carbocycles. The summed E-state index contributed by atoms with van der Waals surface area (Å²) in [6, 6.07) is 8.11. The quantitative estimate of drug-likeness (QED) is 0.570. The van der Waals surface area contributed by atoms with Crippen molar-refractivity contribution in [2.45, 2.75) is 58.1 Å². The van der Waals surface area contributed by atoms with E-state index in [4.69, 9.17) is 0 Å². The molecule has 1 aromatic rings. The van der Waals surface area contributed by atoms with Gasteiger partial charge in [0.25, 0.3) is 0 Å². The molecule has 0 aliphatic rings. The summed E-state index contributed by atoms with van der Waals surface area (Å²) in [5, 5.41) is -0.311. The summed E-state index contributed by atoms with van der Waals surface area (Å²) in [6.07, 6.45) is 3.19. The van der Waals surface area contributed by atoms with E-state index in [1.165, 1.54) is 0 Å². The van der Waals surface area contributed by atoms with E-state index in [1.807, 2.05) is 31.3 Å². The van der Waals surface area contributed by atoms with Crippen molar-refractivity contribution in [2.24, 2.45) is 0 Å². The first-order valence-corrected chi connectivity index (χ1v) is 10.5. The number of rotatable bonds is 11. The third-order valence-corrected chi connectivity index (χ3v) is 6.65. The van der Waals surface area contributed by atoms with Crippen molar-refractivity contribution in [3.63, 3.8) is 0 Å². The highest BCUT2D eigenvalue weighted by Gasteiger charge is 2.15. The molecule has 0 fully saturated rings. The molecule has 0 spiro atoms. The molecule has 24 heavy (non-hydrogen) atoms. The van der Waals surface area contributed by atoms with Crippen LogP contribution in [0.2, 0.25) is 0 Å². The average molecular weight is 354 g/mol. The molecule has 1 rings (SSSR count). The van der Waals surface area contributed by atoms with E-state index in [0.29, 0.717) is 19.3 Å². The first-order chi connectivity index (χ1) is 11.3. The molecule has 0 N–H and O–H groups in total. The van der Waals surface area contributed by atoms with Gasteiger partial charge in [-0.2, -0.15) is 0 Å². The Morgan fingerprint density at radius 3 is 2.25 bits per heavy atom. The fourth-order valence-electron chi connectivity index (χ4n) is 2.40. The number of sulfone groups is 1. The minimum absolute atomic E-state index is 0.221. The lowest BCUT2D eigenvalue weighted by molar-refractivity contribution is -0.118. The van der Waals surface area contributed by atoms with Gasteiger partial charge in [-0.3, -0.25) is 4.79 Å². The van der Waals surface area contributed by atoms with Crippen LogP contribution in [0, 0.1) is 0 Å². The zero-order chi connectivity index (χ0) is 18.2. The standard InChI is InChI=1S/C19H31NO3S/c1-5-20(4)18-12-10-17(11-13-18)15-19(21)9-7-6-8-14-24(22,23)16(2)3/h10-13,16H,5-9,14-15H2,1-4H3. The van der Waals surface area contributed by atoms with Gasteiger partial charge in [0.2, 0.25) is 0 Å². The maximum absolute atomic E-state index is 12.0. The first-order valence-electron chi connectivity index (χ1n) is 8.79. The van der Waals surface area contributed by atoms with E-state index in [9.17, 15) is 13.2 Å². The summed E-state index contributed by atoms with van der Waals surface area (Å²) < 4.78 is 23.4. The predicted molar refractivity (Wildman–Crippen MR) is 101 cm³/mol. The van der Waals surface area contributed by atoms with Crippen LogP contribution >= 0.6 is 0 Å². The Bertz CT molecular complexity index is 606. The molecule has 0 saturated heterocycles. The van der Waals surface area contributed by atoms with Gasteiger partial charge in [-0.25, -0.2) is 8.42 Å². The molecule has 4 nitrogen and oxygen atoms in total. The van der Waals surface area contributed by atoms with Crippen molar-refractivity contribution < 1.29 is 13.2 Å². The summed E-state index contributed by atoms with van der Waals surface area (Å²) in [7, 11) is -0.908. The Balaban J connectivity index is 2.29. The Labute approximate surface area is 147 Å². The van der Waals surface area contributed by atoms with E-state index in [1.54, 1.807) is 13.8 Å². The molecule has 0 unspecified atom stereocenters. The molecule has 0 radical (unpaired) electrons. The number of unbranched alkanes of at least 4 members (excludes halogenated alkanes) is 2. The summed E-state index contributed by atoms with van der Waals surface area (Å²) in [5.74, 6) is 0.448. The van der Waals surface area contributed by atoms with Crippen LogP contribution in [0.5, 0.6) is 0 Å². The number of hydrogen-bond donors (Lipinski definition) is 0. The van der Waals surface area contributed by atoms with Crippen LogP contribution in [0.4, 0.5) is 5.69 Å². The topological polar surface area (TPSA) is 54.5 Å². The first kappa shape index (κ1) is 20.7. The molecule has 0 saturated carbocycles. The van der Waals surface area contributed by atoms with Crippen LogP contribution in [-0.4, -0.2) is 38.8 Å². The molecule has 0 aliphatic carbocycles. The molecular weight excluding hydrogens is 322 g/mol. The number of hydrogen-bond acceptors (Lipinski definition) is 4. The van der Waals surface area contributed by atoms with Crippen LogP contribution in [0.25, 0.3) is 0 Å². The van der Waals surface area contributed by atoms with E-state index in [-0.39, 0.29) is 16.8 Å². The maximum atomic E-state index is 12.0. The SMILES string of the molecule is CCN(C)c1ccc(CC(=O)CCCCCS(=O)(=O)C(C)C)cc1. The van der Waals surface area contributed by atoms with Crippen LogP contribution in [0.15, 0.2) is 24.3 Å². The summed E-state index contributed by atoms with van der Waals surface area (Å²) in [5.41, 5.74) is 2.19. The second-order valence-electron chi connectivity index (χ2n) is 6.62. The van der Waals surface area contributed by atoms with Crippen molar-refractivity contribution in [1.82, 2.24) is 0 Å². The van der Waals surface area contributed by atoms with Gasteiger partial charge in [0.1, 0.15) is 5.78 Å². The molecule has 0 bridgehead atoms. The zero-order valence-corrected chi connectivity index (χ0v) is 16.2. The second-order valence-corrected chi connectivity index (χ2v) is 9.30. The van der Waals surface area contributed by atoms with Gasteiger partial charge in [0.15, 0.2) is 9.84 Å². The highest BCUT2D eigenvalue weighted by atomic mass is 32.2. The molecular formula is C19H31NO3S. The molecule has 0 atom stereocenters. The van der Waals surface area contributed by atoms with Crippen LogP contribution < -0.4 is 4.90 Å². The van der Waals surface area contributed by atoms with Crippen molar-refractivity contribution in [3.05, 3.63) is 29.8 Å². The molecule has 0 heterocycles. The zero-order valence-electron chi connectivity index (χ0n) is 15.4. The van der Waals surface area contributed by atoms with E-state index in [0.717, 1.165) is 30.6 Å². The average Bonchev–Trinajstić information content (AvgIpc) is 2.54. The summed E-state index contributed by atoms with van der Waals surface area (Å²) in [4.78, 5) is 14.2. The van der Waals surface area contributed by atoms with Gasteiger partial charge < -0.3 is 4.90 Å². The number of nitrogens with zero attached hydrogens (tertiary/aromatic N) is 1. The van der Waals surface area contributed by atoms with Crippen LogP contribution in [-0.2, 0) is 21.1 Å². The third-order valence-electron chi connectivity index (χ3n) is 4.36. The number of anilines is 1. The maximum Gasteiger partial charge on any atom is 0.152 e. The summed E-state index contributed by atoms with van der Waals surface area (Å²) >= 11 is 0. The van der Waals surface area contributed by atoms with Gasteiger partial charge in [0.05, 0.1) is 11.0 Å². The Hall–Kier alpha value is -1.36. The fourth-order valence-corrected chi connectivity index (χ4v) is 3.48. The van der Waals surface area contributed by atoms with Crippen molar-refractivity contribution >= 4 is 21.3 Å². The second kappa shape index (κ2) is 9.82. The number of carbonyl (C=O) groups is 1. The predicted octanol–water partition coefficient (Wildman–Crippen LogP) is 3.64. The van der Waals surface area contributed by atoms with Gasteiger partial charge in [0, 0.05) is 32.1 Å².